The lowest BCUT2D eigenvalue weighted by Gasteiger charge is -2.16. The first-order chi connectivity index (χ1) is 14.3. The van der Waals surface area contributed by atoms with E-state index in [-0.39, 0.29) is 23.6 Å². The first-order valence-electron chi connectivity index (χ1n) is 8.96. The largest absolute Gasteiger partial charge is 0.490 e. The molecule has 2 aromatic heterocycles. The summed E-state index contributed by atoms with van der Waals surface area (Å²) in [5.41, 5.74) is 3.44. The molecule has 0 saturated heterocycles. The van der Waals surface area contributed by atoms with Crippen LogP contribution in [-0.4, -0.2) is 32.2 Å². The van der Waals surface area contributed by atoms with Crippen LogP contribution >= 0.6 is 0 Å². The van der Waals surface area contributed by atoms with Crippen molar-refractivity contribution in [2.45, 2.75) is 19.1 Å². The number of hydrogen-bond acceptors (Lipinski definition) is 5. The fraction of sp³-hybridized carbons (Fsp3) is 0.190. The molecular weight excluding hydrogens is 394 g/mol. The molecule has 1 aliphatic heterocycles. The van der Waals surface area contributed by atoms with Crippen LogP contribution in [0.4, 0.5) is 8.78 Å². The Morgan fingerprint density at radius 1 is 1.37 bits per heavy atom. The number of aromatic nitrogens is 3. The lowest BCUT2D eigenvalue weighted by atomic mass is 9.99. The molecule has 0 radical (unpaired) electrons. The minimum absolute atomic E-state index is 0.00228. The maximum Gasteiger partial charge on any atom is 0.255 e. The van der Waals surface area contributed by atoms with E-state index in [9.17, 15) is 14.3 Å². The van der Waals surface area contributed by atoms with Gasteiger partial charge >= 0.3 is 0 Å². The molecule has 1 aliphatic rings. The molecule has 7 nitrogen and oxygen atoms in total. The number of rotatable bonds is 2. The number of halogens is 2. The standard InChI is InChI=1S/C21H16F2N4O3/c1-21(29,15-3-2-13(22)11-26-15)5-4-12-10-14-18(16(17(12)23)19(24)28)30-9-8-27-7-6-25-20(14)27/h2-3,6-7,10-11,29H,8-9H2,1H3,(H2,24,28). The van der Waals surface area contributed by atoms with Gasteiger partial charge < -0.3 is 20.1 Å². The summed E-state index contributed by atoms with van der Waals surface area (Å²) < 4.78 is 35.6. The molecule has 1 aromatic carbocycles. The monoisotopic (exact) mass is 410 g/mol. The summed E-state index contributed by atoms with van der Waals surface area (Å²) >= 11 is 0. The van der Waals surface area contributed by atoms with Crippen LogP contribution < -0.4 is 10.5 Å². The van der Waals surface area contributed by atoms with Crippen LogP contribution in [0.2, 0.25) is 0 Å². The minimum atomic E-state index is -1.80. The third kappa shape index (κ3) is 3.38. The average Bonchev–Trinajstić information content (AvgIpc) is 3.09. The van der Waals surface area contributed by atoms with Gasteiger partial charge in [-0.25, -0.2) is 13.8 Å². The number of imidazole rings is 1. The zero-order chi connectivity index (χ0) is 21.5. The summed E-state index contributed by atoms with van der Waals surface area (Å²) in [4.78, 5) is 20.1. The lowest BCUT2D eigenvalue weighted by molar-refractivity contribution is 0.0992. The van der Waals surface area contributed by atoms with Gasteiger partial charge in [0.25, 0.3) is 5.91 Å². The number of amides is 1. The van der Waals surface area contributed by atoms with Crippen molar-refractivity contribution in [3.8, 4) is 29.0 Å². The molecule has 1 atom stereocenters. The topological polar surface area (TPSA) is 103 Å². The summed E-state index contributed by atoms with van der Waals surface area (Å²) in [6.07, 6.45) is 4.25. The predicted molar refractivity (Wildman–Crippen MR) is 102 cm³/mol. The molecule has 9 heteroatoms. The van der Waals surface area contributed by atoms with E-state index in [0.717, 1.165) is 12.3 Å². The molecule has 0 bridgehead atoms. The highest BCUT2D eigenvalue weighted by Gasteiger charge is 2.28. The van der Waals surface area contributed by atoms with Gasteiger partial charge in [0, 0.05) is 12.4 Å². The molecule has 4 rings (SSSR count). The summed E-state index contributed by atoms with van der Waals surface area (Å²) in [6.45, 7) is 1.99. The van der Waals surface area contributed by atoms with Gasteiger partial charge in [-0.2, -0.15) is 0 Å². The van der Waals surface area contributed by atoms with Crippen LogP contribution in [0.15, 0.2) is 36.8 Å². The molecule has 3 N–H and O–H groups in total. The summed E-state index contributed by atoms with van der Waals surface area (Å²) in [5.74, 6) is 2.99. The Bertz CT molecular complexity index is 1210. The second-order valence-corrected chi connectivity index (χ2v) is 6.83. The molecule has 0 aliphatic carbocycles. The molecule has 3 aromatic rings. The van der Waals surface area contributed by atoms with E-state index in [0.29, 0.717) is 17.9 Å². The number of fused-ring (bicyclic) bond motifs is 3. The quantitative estimate of drug-likeness (QED) is 0.629. The smallest absolute Gasteiger partial charge is 0.255 e. The Hall–Kier alpha value is -3.77. The molecule has 0 spiro atoms. The Labute approximate surface area is 170 Å². The normalized spacial score (nSPS) is 14.3. The molecule has 3 heterocycles. The molecule has 152 valence electrons. The number of nitrogens with two attached hydrogens (primary N) is 1. The SMILES string of the molecule is CC(O)(C#Cc1cc2c(c(C(N)=O)c1F)OCCn1ccnc1-2)c1ccc(F)cn1. The van der Waals surface area contributed by atoms with Gasteiger partial charge in [0.15, 0.2) is 11.4 Å². The van der Waals surface area contributed by atoms with Crippen LogP contribution in [0.1, 0.15) is 28.5 Å². The number of hydrogen-bond donors (Lipinski definition) is 2. The van der Waals surface area contributed by atoms with E-state index >= 15 is 4.39 Å². The van der Waals surface area contributed by atoms with Crippen LogP contribution in [0, 0.1) is 23.5 Å². The summed E-state index contributed by atoms with van der Waals surface area (Å²) in [5, 5.41) is 10.6. The number of ether oxygens (including phenoxy) is 1. The molecule has 0 saturated carbocycles. The maximum atomic E-state index is 15.1. The second-order valence-electron chi connectivity index (χ2n) is 6.83. The highest BCUT2D eigenvalue weighted by molar-refractivity contribution is 5.99. The number of carbonyl (C=O) groups excluding carboxylic acids is 1. The number of pyridine rings is 1. The van der Waals surface area contributed by atoms with E-state index in [1.54, 1.807) is 17.0 Å². The van der Waals surface area contributed by atoms with Gasteiger partial charge in [0.2, 0.25) is 0 Å². The van der Waals surface area contributed by atoms with Crippen molar-refractivity contribution in [2.75, 3.05) is 6.61 Å². The fourth-order valence-corrected chi connectivity index (χ4v) is 3.17. The number of primary amides is 1. The lowest BCUT2D eigenvalue weighted by Crippen LogP contribution is -2.20. The molecule has 30 heavy (non-hydrogen) atoms. The Balaban J connectivity index is 1.87. The Morgan fingerprint density at radius 2 is 2.17 bits per heavy atom. The first-order valence-corrected chi connectivity index (χ1v) is 8.96. The van der Waals surface area contributed by atoms with Crippen molar-refractivity contribution in [1.82, 2.24) is 14.5 Å². The van der Waals surface area contributed by atoms with Crippen molar-refractivity contribution < 1.29 is 23.4 Å². The van der Waals surface area contributed by atoms with Gasteiger partial charge in [-0.3, -0.25) is 9.78 Å². The average molecular weight is 410 g/mol. The van der Waals surface area contributed by atoms with E-state index in [1.807, 2.05) is 0 Å². The Kier molecular flexibility index (Phi) is 4.72. The van der Waals surface area contributed by atoms with Crippen LogP contribution in [0.5, 0.6) is 5.75 Å². The third-order valence-corrected chi connectivity index (χ3v) is 4.66. The maximum absolute atomic E-state index is 15.1. The van der Waals surface area contributed by atoms with Crippen LogP contribution in [0.25, 0.3) is 11.4 Å². The highest BCUT2D eigenvalue weighted by Crippen LogP contribution is 2.37. The van der Waals surface area contributed by atoms with Crippen molar-refractivity contribution in [1.29, 1.82) is 0 Å². The van der Waals surface area contributed by atoms with Crippen LogP contribution in [-0.2, 0) is 12.1 Å². The predicted octanol–water partition coefficient (Wildman–Crippen LogP) is 1.97. The first kappa shape index (κ1) is 19.5. The molecule has 0 fully saturated rings. The van der Waals surface area contributed by atoms with E-state index in [4.69, 9.17) is 10.5 Å². The third-order valence-electron chi connectivity index (χ3n) is 4.66. The zero-order valence-corrected chi connectivity index (χ0v) is 15.8. The second kappa shape index (κ2) is 7.24. The van der Waals surface area contributed by atoms with Crippen molar-refractivity contribution in [2.24, 2.45) is 5.73 Å². The van der Waals surface area contributed by atoms with Gasteiger partial charge in [0.1, 0.15) is 29.6 Å². The van der Waals surface area contributed by atoms with Crippen molar-refractivity contribution in [3.05, 3.63) is 65.2 Å². The van der Waals surface area contributed by atoms with E-state index in [1.165, 1.54) is 19.1 Å². The number of benzene rings is 1. The van der Waals surface area contributed by atoms with E-state index < -0.39 is 28.7 Å². The Morgan fingerprint density at radius 3 is 2.87 bits per heavy atom. The number of nitrogens with zero attached hydrogens (tertiary/aromatic N) is 3. The van der Waals surface area contributed by atoms with Gasteiger partial charge in [-0.05, 0) is 25.1 Å². The highest BCUT2D eigenvalue weighted by atomic mass is 19.1. The van der Waals surface area contributed by atoms with Gasteiger partial charge in [0.05, 0.1) is 29.6 Å². The molecular formula is C21H16F2N4O3. The van der Waals surface area contributed by atoms with Crippen molar-refractivity contribution >= 4 is 5.91 Å². The zero-order valence-electron chi connectivity index (χ0n) is 15.8. The fourth-order valence-electron chi connectivity index (χ4n) is 3.17. The summed E-state index contributed by atoms with van der Waals surface area (Å²) in [6, 6.07) is 3.79. The van der Waals surface area contributed by atoms with Gasteiger partial charge in [-0.1, -0.05) is 11.8 Å². The minimum Gasteiger partial charge on any atom is -0.490 e. The molecule has 1 unspecified atom stereocenters. The molecule has 1 amide bonds. The number of carbonyl (C=O) groups is 1. The van der Waals surface area contributed by atoms with Crippen LogP contribution in [0.3, 0.4) is 0 Å². The van der Waals surface area contributed by atoms with E-state index in [2.05, 4.69) is 21.8 Å². The summed E-state index contributed by atoms with van der Waals surface area (Å²) in [7, 11) is 0. The van der Waals surface area contributed by atoms with Gasteiger partial charge in [-0.15, -0.1) is 0 Å². The number of aliphatic hydroxyl groups is 1. The van der Waals surface area contributed by atoms with Crippen molar-refractivity contribution in [3.63, 3.8) is 0 Å².